The lowest BCUT2D eigenvalue weighted by Crippen LogP contribution is -2.42. The van der Waals surface area contributed by atoms with Crippen LogP contribution in [0.25, 0.3) is 0 Å². The lowest BCUT2D eigenvalue weighted by molar-refractivity contribution is 0.140. The zero-order valence-electron chi connectivity index (χ0n) is 19.1. The number of guanidine groups is 1. The quantitative estimate of drug-likeness (QED) is 0.314. The highest BCUT2D eigenvalue weighted by Crippen LogP contribution is 2.24. The van der Waals surface area contributed by atoms with Gasteiger partial charge < -0.3 is 20.1 Å². The molecule has 6 nitrogen and oxygen atoms in total. The van der Waals surface area contributed by atoms with Gasteiger partial charge in [-0.2, -0.15) is 0 Å². The molecule has 0 amide bonds. The number of rotatable bonds is 7. The van der Waals surface area contributed by atoms with Gasteiger partial charge in [0, 0.05) is 51.8 Å². The molecular weight excluding hydrogens is 515 g/mol. The highest BCUT2D eigenvalue weighted by Gasteiger charge is 2.19. The fourth-order valence-electron chi connectivity index (χ4n) is 4.18. The molecule has 1 fully saturated rings. The second-order valence-corrected chi connectivity index (χ2v) is 8.36. The Balaban J connectivity index is 0.00000289. The van der Waals surface area contributed by atoms with Gasteiger partial charge in [0.1, 0.15) is 11.9 Å². The zero-order valence-corrected chi connectivity index (χ0v) is 21.4. The van der Waals surface area contributed by atoms with Crippen molar-refractivity contribution in [3.05, 3.63) is 64.7 Å². The van der Waals surface area contributed by atoms with Crippen molar-refractivity contribution in [1.29, 1.82) is 0 Å². The van der Waals surface area contributed by atoms with Crippen LogP contribution in [0.15, 0.2) is 47.5 Å². The maximum atomic E-state index is 6.21. The molecule has 2 aliphatic heterocycles. The molecule has 7 heteroatoms. The van der Waals surface area contributed by atoms with E-state index < -0.39 is 0 Å². The molecule has 1 saturated heterocycles. The molecule has 0 radical (unpaired) electrons. The van der Waals surface area contributed by atoms with Crippen LogP contribution in [0, 0.1) is 6.92 Å². The third-order valence-electron chi connectivity index (χ3n) is 6.00. The largest absolute Gasteiger partial charge is 0.488 e. The minimum absolute atomic E-state index is 0. The molecule has 32 heavy (non-hydrogen) atoms. The fourth-order valence-corrected chi connectivity index (χ4v) is 4.18. The van der Waals surface area contributed by atoms with E-state index in [1.54, 1.807) is 0 Å². The van der Waals surface area contributed by atoms with Gasteiger partial charge in [0.25, 0.3) is 0 Å². The minimum atomic E-state index is 0. The van der Waals surface area contributed by atoms with Crippen LogP contribution in [-0.2, 0) is 24.2 Å². The predicted molar refractivity (Wildman–Crippen MR) is 140 cm³/mol. The summed E-state index contributed by atoms with van der Waals surface area (Å²) >= 11 is 0. The van der Waals surface area contributed by atoms with Crippen LogP contribution in [-0.4, -0.2) is 56.9 Å². The molecule has 1 atom stereocenters. The Bertz CT molecular complexity index is 899. The summed E-state index contributed by atoms with van der Waals surface area (Å²) in [5.74, 6) is 1.75. The molecule has 0 spiro atoms. The third-order valence-corrected chi connectivity index (χ3v) is 6.00. The number of benzene rings is 2. The number of hydrogen-bond acceptors (Lipinski definition) is 4. The van der Waals surface area contributed by atoms with Gasteiger partial charge in [-0.15, -0.1) is 24.0 Å². The zero-order chi connectivity index (χ0) is 21.5. The third kappa shape index (κ3) is 6.83. The van der Waals surface area contributed by atoms with Crippen molar-refractivity contribution >= 4 is 29.9 Å². The number of ether oxygens (including phenoxy) is 2. The Morgan fingerprint density at radius 3 is 2.81 bits per heavy atom. The summed E-state index contributed by atoms with van der Waals surface area (Å²) in [7, 11) is 1.81. The Morgan fingerprint density at radius 2 is 2.03 bits per heavy atom. The van der Waals surface area contributed by atoms with Gasteiger partial charge in [-0.1, -0.05) is 36.4 Å². The van der Waals surface area contributed by atoms with Crippen LogP contribution < -0.4 is 15.4 Å². The van der Waals surface area contributed by atoms with Gasteiger partial charge in [-0.25, -0.2) is 0 Å². The van der Waals surface area contributed by atoms with Gasteiger partial charge in [0.15, 0.2) is 5.96 Å². The normalized spacial score (nSPS) is 18.6. The lowest BCUT2D eigenvalue weighted by atomic mass is 10.00. The maximum Gasteiger partial charge on any atom is 0.191 e. The van der Waals surface area contributed by atoms with Gasteiger partial charge in [0.2, 0.25) is 0 Å². The van der Waals surface area contributed by atoms with Crippen LogP contribution >= 0.6 is 24.0 Å². The Morgan fingerprint density at radius 1 is 1.19 bits per heavy atom. The predicted octanol–water partition coefficient (Wildman–Crippen LogP) is 3.50. The van der Waals surface area contributed by atoms with Crippen LogP contribution in [0.1, 0.15) is 28.7 Å². The first-order valence-corrected chi connectivity index (χ1v) is 11.3. The maximum absolute atomic E-state index is 6.21. The van der Waals surface area contributed by atoms with E-state index in [2.05, 4.69) is 69.9 Å². The van der Waals surface area contributed by atoms with E-state index in [-0.39, 0.29) is 30.1 Å². The molecule has 0 aliphatic carbocycles. The van der Waals surface area contributed by atoms with Crippen LogP contribution in [0.5, 0.6) is 5.75 Å². The molecule has 0 aromatic heterocycles. The monoisotopic (exact) mass is 550 g/mol. The smallest absolute Gasteiger partial charge is 0.191 e. The number of hydrogen-bond donors (Lipinski definition) is 2. The van der Waals surface area contributed by atoms with E-state index in [0.29, 0.717) is 13.2 Å². The Kier molecular flexibility index (Phi) is 9.62. The molecule has 2 aromatic carbocycles. The average molecular weight is 550 g/mol. The molecule has 174 valence electrons. The first-order valence-electron chi connectivity index (χ1n) is 11.3. The van der Waals surface area contributed by atoms with Crippen molar-refractivity contribution in [2.45, 2.75) is 39.0 Å². The van der Waals surface area contributed by atoms with Crippen molar-refractivity contribution < 1.29 is 9.47 Å². The molecule has 2 N–H and O–H groups in total. The number of fused-ring (bicyclic) bond motifs is 1. The molecule has 0 bridgehead atoms. The van der Waals surface area contributed by atoms with Crippen molar-refractivity contribution in [3.63, 3.8) is 0 Å². The first-order chi connectivity index (χ1) is 15.2. The van der Waals surface area contributed by atoms with Gasteiger partial charge in [-0.3, -0.25) is 9.89 Å². The Labute approximate surface area is 208 Å². The van der Waals surface area contributed by atoms with E-state index in [4.69, 9.17) is 9.47 Å². The van der Waals surface area contributed by atoms with Crippen molar-refractivity contribution in [3.8, 4) is 5.75 Å². The van der Waals surface area contributed by atoms with E-state index in [9.17, 15) is 0 Å². The minimum Gasteiger partial charge on any atom is -0.488 e. The first kappa shape index (κ1) is 24.8. The van der Waals surface area contributed by atoms with Crippen LogP contribution in [0.4, 0.5) is 0 Å². The van der Waals surface area contributed by atoms with E-state index in [1.807, 2.05) is 7.05 Å². The van der Waals surface area contributed by atoms with Gasteiger partial charge >= 0.3 is 0 Å². The van der Waals surface area contributed by atoms with Crippen molar-refractivity contribution in [1.82, 2.24) is 15.5 Å². The average Bonchev–Trinajstić information content (AvgIpc) is 3.30. The van der Waals surface area contributed by atoms with Gasteiger partial charge in [0.05, 0.1) is 13.2 Å². The molecule has 2 aromatic rings. The van der Waals surface area contributed by atoms with Crippen molar-refractivity contribution in [2.75, 3.05) is 39.9 Å². The van der Waals surface area contributed by atoms with Crippen molar-refractivity contribution in [2.24, 2.45) is 4.99 Å². The summed E-state index contributed by atoms with van der Waals surface area (Å²) in [4.78, 5) is 6.89. The molecule has 0 saturated carbocycles. The number of nitrogens with zero attached hydrogens (tertiary/aromatic N) is 2. The molecular formula is C25H35IN4O2. The fraction of sp³-hybridized carbons (Fsp3) is 0.480. The van der Waals surface area contributed by atoms with E-state index in [0.717, 1.165) is 62.9 Å². The second kappa shape index (κ2) is 12.4. The molecule has 2 heterocycles. The standard InChI is InChI=1S/C25H34N4O2.HI/c1-19-7-8-21(24(15-19)31-23-10-14-30-18-23)16-28-25(26-2)27-11-13-29-12-9-20-5-3-4-6-22(20)17-29;/h3-8,15,23H,9-14,16-18H2,1-2H3,(H2,26,27,28);1H. The summed E-state index contributed by atoms with van der Waals surface area (Å²) in [6.45, 7) is 8.20. The summed E-state index contributed by atoms with van der Waals surface area (Å²) < 4.78 is 11.7. The summed E-state index contributed by atoms with van der Waals surface area (Å²) in [5, 5.41) is 6.88. The molecule has 2 aliphatic rings. The summed E-state index contributed by atoms with van der Waals surface area (Å²) in [6.07, 6.45) is 2.23. The number of aryl methyl sites for hydroxylation is 1. The second-order valence-electron chi connectivity index (χ2n) is 8.36. The number of nitrogens with one attached hydrogen (secondary N) is 2. The SMILES string of the molecule is CN=C(NCCN1CCc2ccccc2C1)NCc1ccc(C)cc1OC1CCOC1.I. The summed E-state index contributed by atoms with van der Waals surface area (Å²) in [5.41, 5.74) is 5.27. The lowest BCUT2D eigenvalue weighted by Gasteiger charge is -2.28. The highest BCUT2D eigenvalue weighted by atomic mass is 127. The molecule has 4 rings (SSSR count). The van der Waals surface area contributed by atoms with Gasteiger partial charge in [-0.05, 0) is 36.1 Å². The number of halogens is 1. The summed E-state index contributed by atoms with van der Waals surface area (Å²) in [6, 6.07) is 15.1. The van der Waals surface area contributed by atoms with E-state index in [1.165, 1.54) is 16.7 Å². The van der Waals surface area contributed by atoms with Crippen LogP contribution in [0.3, 0.4) is 0 Å². The highest BCUT2D eigenvalue weighted by molar-refractivity contribution is 14.0. The topological polar surface area (TPSA) is 58.1 Å². The van der Waals surface area contributed by atoms with E-state index >= 15 is 0 Å². The molecule has 1 unspecified atom stereocenters. The van der Waals surface area contributed by atoms with Crippen LogP contribution in [0.2, 0.25) is 0 Å². The number of aliphatic imine (C=N–C) groups is 1. The Hall–Kier alpha value is -1.84.